The van der Waals surface area contributed by atoms with Gasteiger partial charge in [0.05, 0.1) is 15.6 Å². The van der Waals surface area contributed by atoms with Gasteiger partial charge in [0.25, 0.3) is 0 Å². The molecule has 0 aliphatic heterocycles. The highest BCUT2D eigenvalue weighted by atomic mass is 35.5. The van der Waals surface area contributed by atoms with Crippen molar-refractivity contribution in [3.8, 4) is 0 Å². The summed E-state index contributed by atoms with van der Waals surface area (Å²) in [6.45, 7) is 2.69. The molecule has 0 heterocycles. The Balaban J connectivity index is 2.17. The van der Waals surface area contributed by atoms with Crippen LogP contribution in [0.1, 0.15) is 18.1 Å². The second-order valence-corrected chi connectivity index (χ2v) is 5.95. The minimum Gasteiger partial charge on any atom is -0.302 e. The molecule has 0 amide bonds. The molecule has 0 radical (unpaired) electrons. The summed E-state index contributed by atoms with van der Waals surface area (Å²) >= 11 is 18.4. The minimum atomic E-state index is -0.311. The van der Waals surface area contributed by atoms with E-state index in [9.17, 15) is 0 Å². The van der Waals surface area contributed by atoms with E-state index in [1.165, 1.54) is 0 Å². The third-order valence-electron chi connectivity index (χ3n) is 3.38. The lowest BCUT2D eigenvalue weighted by molar-refractivity contribution is 0.407. The maximum Gasteiger partial charge on any atom is 0.0637 e. The van der Waals surface area contributed by atoms with Gasteiger partial charge in [-0.25, -0.2) is 0 Å². The first-order valence-electron chi connectivity index (χ1n) is 6.36. The fourth-order valence-electron chi connectivity index (χ4n) is 2.01. The largest absolute Gasteiger partial charge is 0.302 e. The molecule has 0 fully saturated rings. The number of nitrogens with one attached hydrogen (secondary N) is 1. The van der Waals surface area contributed by atoms with Crippen LogP contribution in [0, 0.1) is 0 Å². The third kappa shape index (κ3) is 3.48. The molecule has 0 aliphatic rings. The Morgan fingerprint density at radius 3 is 2.35 bits per heavy atom. The Morgan fingerprint density at radius 2 is 1.70 bits per heavy atom. The second-order valence-electron chi connectivity index (χ2n) is 4.90. The molecule has 0 aromatic heterocycles. The van der Waals surface area contributed by atoms with E-state index in [-0.39, 0.29) is 5.54 Å². The van der Waals surface area contributed by atoms with Crippen LogP contribution in [-0.4, -0.2) is 5.88 Å². The van der Waals surface area contributed by atoms with Crippen molar-refractivity contribution in [3.05, 3.63) is 69.7 Å². The Labute approximate surface area is 134 Å². The van der Waals surface area contributed by atoms with E-state index in [0.717, 1.165) is 11.1 Å². The summed E-state index contributed by atoms with van der Waals surface area (Å²) in [5, 5.41) is 4.63. The molecule has 2 rings (SSSR count). The van der Waals surface area contributed by atoms with Crippen molar-refractivity contribution in [2.45, 2.75) is 19.0 Å². The van der Waals surface area contributed by atoms with Gasteiger partial charge >= 0.3 is 0 Å². The zero-order valence-electron chi connectivity index (χ0n) is 11.2. The summed E-state index contributed by atoms with van der Waals surface area (Å²) in [5.74, 6) is 0.467. The van der Waals surface area contributed by atoms with Crippen LogP contribution in [0.5, 0.6) is 0 Å². The molecule has 0 aliphatic carbocycles. The first kappa shape index (κ1) is 15.7. The average Bonchev–Trinajstić information content (AvgIpc) is 2.49. The first-order valence-corrected chi connectivity index (χ1v) is 7.65. The van der Waals surface area contributed by atoms with E-state index in [1.807, 2.05) is 30.3 Å². The molecule has 2 aromatic rings. The fraction of sp³-hybridized carbons (Fsp3) is 0.250. The van der Waals surface area contributed by atoms with Gasteiger partial charge in [-0.3, -0.25) is 0 Å². The Morgan fingerprint density at radius 1 is 1.00 bits per heavy atom. The Kier molecular flexibility index (Phi) is 5.34. The molecule has 1 unspecified atom stereocenters. The van der Waals surface area contributed by atoms with Crippen LogP contribution in [0.2, 0.25) is 10.0 Å². The third-order valence-corrected chi connectivity index (χ3v) is 4.77. The molecule has 0 spiro atoms. The standard InChI is InChI=1S/C16H16Cl3N/c1-16(11-17,13-7-3-2-4-8-13)20-10-12-6-5-9-14(18)15(12)19/h2-9,20H,10-11H2,1H3. The van der Waals surface area contributed by atoms with Crippen molar-refractivity contribution in [1.29, 1.82) is 0 Å². The van der Waals surface area contributed by atoms with Crippen molar-refractivity contribution in [1.82, 2.24) is 5.32 Å². The molecule has 1 N–H and O–H groups in total. The molecule has 1 atom stereocenters. The van der Waals surface area contributed by atoms with Gasteiger partial charge in [-0.15, -0.1) is 11.6 Å². The average molecular weight is 329 g/mol. The van der Waals surface area contributed by atoms with Gasteiger partial charge in [-0.05, 0) is 24.1 Å². The number of benzene rings is 2. The molecule has 2 aromatic carbocycles. The van der Waals surface area contributed by atoms with Crippen LogP contribution in [0.3, 0.4) is 0 Å². The normalized spacial score (nSPS) is 14.0. The quantitative estimate of drug-likeness (QED) is 0.740. The topological polar surface area (TPSA) is 12.0 Å². The molecule has 20 heavy (non-hydrogen) atoms. The minimum absolute atomic E-state index is 0.311. The molecule has 4 heteroatoms. The van der Waals surface area contributed by atoms with E-state index in [2.05, 4.69) is 24.4 Å². The summed E-state index contributed by atoms with van der Waals surface area (Å²) in [4.78, 5) is 0. The molecular weight excluding hydrogens is 313 g/mol. The summed E-state index contributed by atoms with van der Waals surface area (Å²) in [6.07, 6.45) is 0. The fourth-order valence-corrected chi connectivity index (χ4v) is 2.64. The van der Waals surface area contributed by atoms with Gasteiger partial charge < -0.3 is 5.32 Å². The van der Waals surface area contributed by atoms with Crippen molar-refractivity contribution >= 4 is 34.8 Å². The van der Waals surface area contributed by atoms with Crippen LogP contribution in [0.4, 0.5) is 0 Å². The van der Waals surface area contributed by atoms with Crippen molar-refractivity contribution < 1.29 is 0 Å². The van der Waals surface area contributed by atoms with Gasteiger partial charge in [0, 0.05) is 12.4 Å². The van der Waals surface area contributed by atoms with E-state index < -0.39 is 0 Å². The summed E-state index contributed by atoms with van der Waals surface area (Å²) < 4.78 is 0. The lowest BCUT2D eigenvalue weighted by Gasteiger charge is -2.29. The Hall–Kier alpha value is -0.730. The van der Waals surface area contributed by atoms with E-state index in [0.29, 0.717) is 22.5 Å². The lowest BCUT2D eigenvalue weighted by atomic mass is 9.94. The van der Waals surface area contributed by atoms with Crippen LogP contribution < -0.4 is 5.32 Å². The van der Waals surface area contributed by atoms with Gasteiger partial charge in [0.1, 0.15) is 0 Å². The van der Waals surface area contributed by atoms with Crippen LogP contribution >= 0.6 is 34.8 Å². The zero-order chi connectivity index (χ0) is 14.6. The highest BCUT2D eigenvalue weighted by molar-refractivity contribution is 6.42. The first-order chi connectivity index (χ1) is 9.57. The molecule has 0 bridgehead atoms. The van der Waals surface area contributed by atoms with E-state index >= 15 is 0 Å². The molecular formula is C16H16Cl3N. The number of alkyl halides is 1. The highest BCUT2D eigenvalue weighted by Gasteiger charge is 2.24. The number of rotatable bonds is 5. The molecule has 1 nitrogen and oxygen atoms in total. The maximum atomic E-state index is 6.21. The van der Waals surface area contributed by atoms with E-state index in [1.54, 1.807) is 6.07 Å². The zero-order valence-corrected chi connectivity index (χ0v) is 13.4. The van der Waals surface area contributed by atoms with Gasteiger partial charge in [-0.1, -0.05) is 65.7 Å². The van der Waals surface area contributed by atoms with Gasteiger partial charge in [0.2, 0.25) is 0 Å². The molecule has 0 saturated carbocycles. The van der Waals surface area contributed by atoms with Gasteiger partial charge in [-0.2, -0.15) is 0 Å². The van der Waals surface area contributed by atoms with Gasteiger partial charge in [0.15, 0.2) is 0 Å². The van der Waals surface area contributed by atoms with Crippen LogP contribution in [0.15, 0.2) is 48.5 Å². The second kappa shape index (κ2) is 6.82. The van der Waals surface area contributed by atoms with Crippen LogP contribution in [0.25, 0.3) is 0 Å². The van der Waals surface area contributed by atoms with Crippen molar-refractivity contribution in [3.63, 3.8) is 0 Å². The lowest BCUT2D eigenvalue weighted by Crippen LogP contribution is -2.40. The highest BCUT2D eigenvalue weighted by Crippen LogP contribution is 2.27. The predicted molar refractivity (Wildman–Crippen MR) is 87.8 cm³/mol. The SMILES string of the molecule is CC(CCl)(NCc1cccc(Cl)c1Cl)c1ccccc1. The summed E-state index contributed by atoms with van der Waals surface area (Å²) in [6, 6.07) is 15.8. The monoisotopic (exact) mass is 327 g/mol. The number of hydrogen-bond donors (Lipinski definition) is 1. The molecule has 106 valence electrons. The molecule has 0 saturated heterocycles. The number of halogens is 3. The summed E-state index contributed by atoms with van der Waals surface area (Å²) in [5.41, 5.74) is 1.80. The predicted octanol–water partition coefficient (Wildman–Crippen LogP) is 5.24. The maximum absolute atomic E-state index is 6.21. The number of hydrogen-bond acceptors (Lipinski definition) is 1. The summed E-state index contributed by atoms with van der Waals surface area (Å²) in [7, 11) is 0. The van der Waals surface area contributed by atoms with Crippen molar-refractivity contribution in [2.24, 2.45) is 0 Å². The smallest absolute Gasteiger partial charge is 0.0637 e. The van der Waals surface area contributed by atoms with E-state index in [4.69, 9.17) is 34.8 Å². The Bertz CT molecular complexity index is 571. The van der Waals surface area contributed by atoms with Crippen molar-refractivity contribution in [2.75, 3.05) is 5.88 Å². The van der Waals surface area contributed by atoms with Crippen LogP contribution in [-0.2, 0) is 12.1 Å².